The number of sulfonamides is 1. The summed E-state index contributed by atoms with van der Waals surface area (Å²) in [6.45, 7) is 0.0404. The first-order valence-corrected chi connectivity index (χ1v) is 8.65. The van der Waals surface area contributed by atoms with Crippen LogP contribution in [0.2, 0.25) is 0 Å². The number of imidazole rings is 2. The summed E-state index contributed by atoms with van der Waals surface area (Å²) in [6.07, 6.45) is 0. The predicted molar refractivity (Wildman–Crippen MR) is 89.0 cm³/mol. The lowest BCUT2D eigenvalue weighted by Crippen LogP contribution is -2.23. The number of nitrogens with one attached hydrogen (secondary N) is 4. The molecule has 2 heterocycles. The van der Waals surface area contributed by atoms with Crippen LogP contribution in [0.15, 0.2) is 52.2 Å². The van der Waals surface area contributed by atoms with Gasteiger partial charge < -0.3 is 15.0 Å². The Hall–Kier alpha value is -2.91. The summed E-state index contributed by atoms with van der Waals surface area (Å²) in [5.74, 6) is 0.524. The van der Waals surface area contributed by atoms with Gasteiger partial charge in [0.2, 0.25) is 10.0 Å². The maximum absolute atomic E-state index is 12.4. The Kier molecular flexibility index (Phi) is 3.25. The Labute approximate surface area is 136 Å². The second-order valence-corrected chi connectivity index (χ2v) is 7.08. The summed E-state index contributed by atoms with van der Waals surface area (Å²) in [5, 5.41) is 0. The molecule has 0 aliphatic rings. The number of fused-ring (bicyclic) bond motifs is 2. The van der Waals surface area contributed by atoms with Gasteiger partial charge in [-0.05, 0) is 30.3 Å². The van der Waals surface area contributed by atoms with Crippen LogP contribution < -0.4 is 10.4 Å². The first-order valence-electron chi connectivity index (χ1n) is 7.17. The molecular formula is C15H13N5O3S. The van der Waals surface area contributed by atoms with Gasteiger partial charge in [-0.3, -0.25) is 0 Å². The minimum absolute atomic E-state index is 0.0404. The molecule has 0 radical (unpaired) electrons. The molecule has 4 aromatic rings. The fraction of sp³-hybridized carbons (Fsp3) is 0.0667. The van der Waals surface area contributed by atoms with Gasteiger partial charge in [-0.15, -0.1) is 0 Å². The lowest BCUT2D eigenvalue weighted by Gasteiger charge is -2.05. The van der Waals surface area contributed by atoms with Crippen molar-refractivity contribution >= 4 is 32.1 Å². The van der Waals surface area contributed by atoms with E-state index in [1.165, 1.54) is 12.1 Å². The molecule has 0 amide bonds. The molecule has 4 rings (SSSR count). The number of aromatic nitrogens is 4. The van der Waals surface area contributed by atoms with Crippen LogP contribution in [-0.4, -0.2) is 28.4 Å². The molecule has 0 bridgehead atoms. The Bertz CT molecular complexity index is 1170. The molecule has 0 atom stereocenters. The Morgan fingerprint density at radius 2 is 1.75 bits per heavy atom. The minimum Gasteiger partial charge on any atom is -0.341 e. The average molecular weight is 343 g/mol. The van der Waals surface area contributed by atoms with E-state index in [0.717, 1.165) is 11.0 Å². The van der Waals surface area contributed by atoms with Gasteiger partial charge in [0.1, 0.15) is 5.82 Å². The van der Waals surface area contributed by atoms with E-state index in [1.807, 2.05) is 24.3 Å². The van der Waals surface area contributed by atoms with Crippen molar-refractivity contribution < 1.29 is 8.42 Å². The molecule has 9 heteroatoms. The molecule has 0 unspecified atom stereocenters. The lowest BCUT2D eigenvalue weighted by molar-refractivity contribution is 0.580. The van der Waals surface area contributed by atoms with Crippen LogP contribution in [0.3, 0.4) is 0 Å². The number of aromatic amines is 3. The maximum Gasteiger partial charge on any atom is 0.323 e. The third-order valence-corrected chi connectivity index (χ3v) is 5.06. The van der Waals surface area contributed by atoms with Gasteiger partial charge in [0.25, 0.3) is 0 Å². The van der Waals surface area contributed by atoms with E-state index in [9.17, 15) is 13.2 Å². The maximum atomic E-state index is 12.4. The zero-order chi connectivity index (χ0) is 16.7. The van der Waals surface area contributed by atoms with E-state index in [0.29, 0.717) is 16.9 Å². The number of hydrogen-bond donors (Lipinski definition) is 4. The number of H-pyrrole nitrogens is 3. The molecule has 24 heavy (non-hydrogen) atoms. The molecule has 8 nitrogen and oxygen atoms in total. The summed E-state index contributed by atoms with van der Waals surface area (Å²) in [6, 6.07) is 11.9. The fourth-order valence-corrected chi connectivity index (χ4v) is 3.53. The molecule has 0 saturated carbocycles. The summed E-state index contributed by atoms with van der Waals surface area (Å²) in [4.78, 5) is 23.8. The highest BCUT2D eigenvalue weighted by Gasteiger charge is 2.16. The molecule has 0 spiro atoms. The lowest BCUT2D eigenvalue weighted by atomic mass is 10.3. The van der Waals surface area contributed by atoms with Gasteiger partial charge in [-0.2, -0.15) is 0 Å². The molecule has 2 aromatic heterocycles. The van der Waals surface area contributed by atoms with E-state index in [2.05, 4.69) is 24.7 Å². The van der Waals surface area contributed by atoms with Crippen LogP contribution in [-0.2, 0) is 16.6 Å². The number of para-hydroxylation sites is 2. The Morgan fingerprint density at radius 1 is 0.958 bits per heavy atom. The van der Waals surface area contributed by atoms with Crippen LogP contribution in [0, 0.1) is 0 Å². The number of hydrogen-bond acceptors (Lipinski definition) is 4. The SMILES string of the molecule is O=c1[nH]c2ccc(S(=O)(=O)NCc3nc4ccccc4[nH]3)cc2[nH]1. The smallest absolute Gasteiger partial charge is 0.323 e. The fourth-order valence-electron chi connectivity index (χ4n) is 2.51. The van der Waals surface area contributed by atoms with Gasteiger partial charge in [-0.25, -0.2) is 22.9 Å². The van der Waals surface area contributed by atoms with E-state index in [-0.39, 0.29) is 17.1 Å². The first-order chi connectivity index (χ1) is 11.5. The summed E-state index contributed by atoms with van der Waals surface area (Å²) < 4.78 is 27.3. The highest BCUT2D eigenvalue weighted by molar-refractivity contribution is 7.89. The van der Waals surface area contributed by atoms with Crippen molar-refractivity contribution in [2.75, 3.05) is 0 Å². The molecule has 0 saturated heterocycles. The van der Waals surface area contributed by atoms with Crippen LogP contribution in [0.5, 0.6) is 0 Å². The largest absolute Gasteiger partial charge is 0.341 e. The highest BCUT2D eigenvalue weighted by atomic mass is 32.2. The zero-order valence-corrected chi connectivity index (χ0v) is 13.1. The van der Waals surface area contributed by atoms with E-state index >= 15 is 0 Å². The summed E-state index contributed by atoms with van der Waals surface area (Å²) >= 11 is 0. The molecule has 0 fully saturated rings. The van der Waals surface area contributed by atoms with Crippen molar-refractivity contribution in [2.24, 2.45) is 0 Å². The standard InChI is InChI=1S/C15H13N5O3S/c21-15-19-12-6-5-9(7-13(12)20-15)24(22,23)16-8-14-17-10-3-1-2-4-11(10)18-14/h1-7,16H,8H2,(H,17,18)(H2,19,20,21). The molecule has 2 aromatic carbocycles. The topological polar surface area (TPSA) is 124 Å². The Morgan fingerprint density at radius 3 is 2.58 bits per heavy atom. The summed E-state index contributed by atoms with van der Waals surface area (Å²) in [7, 11) is -3.72. The quantitative estimate of drug-likeness (QED) is 0.444. The first kappa shape index (κ1) is 14.7. The van der Waals surface area contributed by atoms with Gasteiger partial charge in [0.05, 0.1) is 33.5 Å². The summed E-state index contributed by atoms with van der Waals surface area (Å²) in [5.41, 5.74) is 2.23. The molecule has 0 aliphatic carbocycles. The van der Waals surface area contributed by atoms with E-state index in [1.54, 1.807) is 6.07 Å². The third kappa shape index (κ3) is 2.59. The average Bonchev–Trinajstić information content (AvgIpc) is 3.13. The molecule has 0 aliphatic heterocycles. The van der Waals surface area contributed by atoms with Crippen molar-refractivity contribution in [3.05, 3.63) is 58.8 Å². The zero-order valence-electron chi connectivity index (χ0n) is 12.3. The van der Waals surface area contributed by atoms with Crippen molar-refractivity contribution in [2.45, 2.75) is 11.4 Å². The van der Waals surface area contributed by atoms with Gasteiger partial charge in [0.15, 0.2) is 0 Å². The van der Waals surface area contributed by atoms with Crippen molar-refractivity contribution in [3.8, 4) is 0 Å². The van der Waals surface area contributed by atoms with Crippen molar-refractivity contribution in [1.82, 2.24) is 24.7 Å². The van der Waals surface area contributed by atoms with E-state index < -0.39 is 10.0 Å². The van der Waals surface area contributed by atoms with Crippen LogP contribution in [0.1, 0.15) is 5.82 Å². The number of benzene rings is 2. The monoisotopic (exact) mass is 343 g/mol. The van der Waals surface area contributed by atoms with Gasteiger partial charge in [-0.1, -0.05) is 12.1 Å². The highest BCUT2D eigenvalue weighted by Crippen LogP contribution is 2.16. The minimum atomic E-state index is -3.72. The normalized spacial score (nSPS) is 12.2. The second kappa shape index (κ2) is 5.32. The van der Waals surface area contributed by atoms with Crippen LogP contribution in [0.4, 0.5) is 0 Å². The van der Waals surface area contributed by atoms with Gasteiger partial charge >= 0.3 is 5.69 Å². The molecule has 4 N–H and O–H groups in total. The Balaban J connectivity index is 1.60. The second-order valence-electron chi connectivity index (χ2n) is 5.31. The third-order valence-electron chi connectivity index (χ3n) is 3.67. The van der Waals surface area contributed by atoms with Crippen LogP contribution >= 0.6 is 0 Å². The number of nitrogens with zero attached hydrogens (tertiary/aromatic N) is 1. The van der Waals surface area contributed by atoms with Crippen LogP contribution in [0.25, 0.3) is 22.1 Å². The van der Waals surface area contributed by atoms with Crippen molar-refractivity contribution in [3.63, 3.8) is 0 Å². The molecular weight excluding hydrogens is 330 g/mol. The molecule has 122 valence electrons. The number of rotatable bonds is 4. The van der Waals surface area contributed by atoms with Crippen molar-refractivity contribution in [1.29, 1.82) is 0 Å². The van der Waals surface area contributed by atoms with Gasteiger partial charge in [0, 0.05) is 0 Å². The predicted octanol–water partition coefficient (Wildman–Crippen LogP) is 1.21. The van der Waals surface area contributed by atoms with E-state index in [4.69, 9.17) is 0 Å².